The third-order valence-corrected chi connectivity index (χ3v) is 4.11. The first-order chi connectivity index (χ1) is 9.00. The van der Waals surface area contributed by atoms with Crippen molar-refractivity contribution >= 4 is 23.6 Å². The number of carbonyl (C=O) groups excluding carboxylic acids is 1. The van der Waals surface area contributed by atoms with Gasteiger partial charge >= 0.3 is 5.97 Å². The van der Waals surface area contributed by atoms with E-state index in [2.05, 4.69) is 5.32 Å². The fourth-order valence-corrected chi connectivity index (χ4v) is 2.52. The zero-order valence-corrected chi connectivity index (χ0v) is 11.9. The molecule has 19 heavy (non-hydrogen) atoms. The van der Waals surface area contributed by atoms with E-state index >= 15 is 0 Å². The number of carboxylic acids is 1. The molecule has 0 saturated carbocycles. The summed E-state index contributed by atoms with van der Waals surface area (Å²) < 4.78 is 0. The molecular weight excluding hydrogens is 262 g/mol. The Morgan fingerprint density at radius 2 is 1.89 bits per heavy atom. The highest BCUT2D eigenvalue weighted by Gasteiger charge is 2.22. The second-order valence-corrected chi connectivity index (χ2v) is 5.71. The van der Waals surface area contributed by atoms with Crippen molar-refractivity contribution in [2.24, 2.45) is 5.92 Å². The summed E-state index contributed by atoms with van der Waals surface area (Å²) in [5.74, 6) is -0.830. The van der Waals surface area contributed by atoms with Gasteiger partial charge in [-0.05, 0) is 11.5 Å². The topological polar surface area (TPSA) is 66.4 Å². The number of thioether (sulfide) groups is 1. The molecule has 0 spiro atoms. The van der Waals surface area contributed by atoms with Crippen LogP contribution in [0.2, 0.25) is 0 Å². The first kappa shape index (κ1) is 15.6. The van der Waals surface area contributed by atoms with Crippen molar-refractivity contribution in [3.8, 4) is 0 Å². The summed E-state index contributed by atoms with van der Waals surface area (Å²) in [6, 6.07) is 9.61. The number of carbonyl (C=O) groups is 2. The minimum atomic E-state index is -0.865. The van der Waals surface area contributed by atoms with Crippen LogP contribution in [-0.4, -0.2) is 28.0 Å². The second-order valence-electron chi connectivity index (χ2n) is 4.58. The largest absolute Gasteiger partial charge is 0.480 e. The lowest BCUT2D eigenvalue weighted by Gasteiger charge is -2.15. The molecule has 2 N–H and O–H groups in total. The Bertz CT molecular complexity index is 420. The first-order valence-corrected chi connectivity index (χ1v) is 7.20. The van der Waals surface area contributed by atoms with Crippen molar-refractivity contribution in [3.63, 3.8) is 0 Å². The van der Waals surface area contributed by atoms with Crippen molar-refractivity contribution in [1.82, 2.24) is 5.32 Å². The Morgan fingerprint density at radius 1 is 1.26 bits per heavy atom. The minimum Gasteiger partial charge on any atom is -0.480 e. The zero-order valence-electron chi connectivity index (χ0n) is 11.1. The Kier molecular flexibility index (Phi) is 6.42. The summed E-state index contributed by atoms with van der Waals surface area (Å²) in [4.78, 5) is 22.6. The fourth-order valence-electron chi connectivity index (χ4n) is 1.56. The number of hydrogen-bond acceptors (Lipinski definition) is 3. The smallest absolute Gasteiger partial charge is 0.316 e. The van der Waals surface area contributed by atoms with Gasteiger partial charge in [-0.1, -0.05) is 44.2 Å². The third-order valence-electron chi connectivity index (χ3n) is 2.58. The Hall–Kier alpha value is -1.49. The van der Waals surface area contributed by atoms with E-state index in [9.17, 15) is 9.59 Å². The predicted octanol–water partition coefficient (Wildman–Crippen LogP) is 2.15. The number of nitrogens with one attached hydrogen (secondary N) is 1. The van der Waals surface area contributed by atoms with Gasteiger partial charge in [-0.3, -0.25) is 9.59 Å². The maximum atomic E-state index is 11.6. The molecule has 5 heteroatoms. The number of carboxylic acid groups (broad SMARTS) is 1. The maximum absolute atomic E-state index is 11.6. The van der Waals surface area contributed by atoms with E-state index in [0.717, 1.165) is 5.56 Å². The van der Waals surface area contributed by atoms with Crippen LogP contribution in [0.1, 0.15) is 19.4 Å². The fraction of sp³-hybridized carbons (Fsp3) is 0.429. The molecule has 1 amide bonds. The van der Waals surface area contributed by atoms with Crippen LogP contribution in [0.3, 0.4) is 0 Å². The third kappa shape index (κ3) is 5.79. The molecule has 1 unspecified atom stereocenters. The van der Waals surface area contributed by atoms with Crippen LogP contribution in [0.5, 0.6) is 0 Å². The molecule has 0 saturated heterocycles. The highest BCUT2D eigenvalue weighted by atomic mass is 32.2. The zero-order chi connectivity index (χ0) is 14.3. The molecular formula is C14H19NO3S. The monoisotopic (exact) mass is 281 g/mol. The van der Waals surface area contributed by atoms with E-state index in [0.29, 0.717) is 6.54 Å². The summed E-state index contributed by atoms with van der Waals surface area (Å²) in [5.41, 5.74) is 1.03. The Morgan fingerprint density at radius 3 is 2.42 bits per heavy atom. The van der Waals surface area contributed by atoms with E-state index < -0.39 is 11.2 Å². The molecule has 0 heterocycles. The van der Waals surface area contributed by atoms with Gasteiger partial charge in [-0.25, -0.2) is 0 Å². The van der Waals surface area contributed by atoms with Crippen LogP contribution in [-0.2, 0) is 16.1 Å². The molecule has 0 aliphatic heterocycles. The van der Waals surface area contributed by atoms with Crippen molar-refractivity contribution in [2.45, 2.75) is 25.6 Å². The van der Waals surface area contributed by atoms with Gasteiger partial charge in [0.1, 0.15) is 5.25 Å². The molecule has 4 nitrogen and oxygen atoms in total. The van der Waals surface area contributed by atoms with Gasteiger partial charge in [-0.15, -0.1) is 11.8 Å². The highest BCUT2D eigenvalue weighted by Crippen LogP contribution is 2.19. The number of aliphatic carboxylic acids is 1. The van der Waals surface area contributed by atoms with Gasteiger partial charge < -0.3 is 10.4 Å². The molecule has 0 radical (unpaired) electrons. The van der Waals surface area contributed by atoms with E-state index in [-0.39, 0.29) is 17.6 Å². The standard InChI is InChI=1S/C14H19NO3S/c1-10(2)13(14(17)18)19-9-12(16)15-8-11-6-4-3-5-7-11/h3-7,10,13H,8-9H2,1-2H3,(H,15,16)(H,17,18). The van der Waals surface area contributed by atoms with Crippen LogP contribution in [0, 0.1) is 5.92 Å². The number of rotatable bonds is 7. The quantitative estimate of drug-likeness (QED) is 0.803. The summed E-state index contributed by atoms with van der Waals surface area (Å²) in [6.45, 7) is 4.15. The molecule has 1 aromatic rings. The summed E-state index contributed by atoms with van der Waals surface area (Å²) in [6.07, 6.45) is 0. The van der Waals surface area contributed by atoms with Gasteiger partial charge in [0.15, 0.2) is 0 Å². The van der Waals surface area contributed by atoms with E-state index in [1.807, 2.05) is 44.2 Å². The van der Waals surface area contributed by atoms with Crippen LogP contribution in [0.25, 0.3) is 0 Å². The average Bonchev–Trinajstić information content (AvgIpc) is 2.37. The Labute approximate surface area is 117 Å². The number of benzene rings is 1. The first-order valence-electron chi connectivity index (χ1n) is 6.15. The molecule has 0 aliphatic carbocycles. The van der Waals surface area contributed by atoms with Crippen LogP contribution in [0.4, 0.5) is 0 Å². The van der Waals surface area contributed by atoms with Gasteiger partial charge in [0.2, 0.25) is 5.91 Å². The summed E-state index contributed by atoms with van der Waals surface area (Å²) in [7, 11) is 0. The van der Waals surface area contributed by atoms with Crippen molar-refractivity contribution in [3.05, 3.63) is 35.9 Å². The van der Waals surface area contributed by atoms with E-state index in [1.165, 1.54) is 11.8 Å². The van der Waals surface area contributed by atoms with E-state index in [4.69, 9.17) is 5.11 Å². The summed E-state index contributed by atoms with van der Waals surface area (Å²) in [5, 5.41) is 11.3. The molecule has 0 aromatic heterocycles. The van der Waals surface area contributed by atoms with Gasteiger partial charge in [0.25, 0.3) is 0 Å². The lowest BCUT2D eigenvalue weighted by Crippen LogP contribution is -2.29. The molecule has 1 rings (SSSR count). The molecule has 104 valence electrons. The lowest BCUT2D eigenvalue weighted by atomic mass is 10.1. The molecule has 1 aromatic carbocycles. The van der Waals surface area contributed by atoms with Gasteiger partial charge in [-0.2, -0.15) is 0 Å². The molecule has 0 aliphatic rings. The number of hydrogen-bond donors (Lipinski definition) is 2. The SMILES string of the molecule is CC(C)C(SCC(=O)NCc1ccccc1)C(=O)O. The van der Waals surface area contributed by atoms with Gasteiger partial charge in [0, 0.05) is 6.54 Å². The minimum absolute atomic E-state index is 0.00410. The van der Waals surface area contributed by atoms with Crippen molar-refractivity contribution in [1.29, 1.82) is 0 Å². The second kappa shape index (κ2) is 7.84. The highest BCUT2D eigenvalue weighted by molar-refractivity contribution is 8.01. The Balaban J connectivity index is 2.33. The van der Waals surface area contributed by atoms with Gasteiger partial charge in [0.05, 0.1) is 5.75 Å². The maximum Gasteiger partial charge on any atom is 0.316 e. The van der Waals surface area contributed by atoms with Crippen molar-refractivity contribution in [2.75, 3.05) is 5.75 Å². The average molecular weight is 281 g/mol. The predicted molar refractivity (Wildman–Crippen MR) is 77.0 cm³/mol. The lowest BCUT2D eigenvalue weighted by molar-refractivity contribution is -0.137. The molecule has 0 fully saturated rings. The normalized spacial score (nSPS) is 12.2. The van der Waals surface area contributed by atoms with Crippen LogP contribution >= 0.6 is 11.8 Å². The van der Waals surface area contributed by atoms with Crippen LogP contribution in [0.15, 0.2) is 30.3 Å². The van der Waals surface area contributed by atoms with Crippen molar-refractivity contribution < 1.29 is 14.7 Å². The van der Waals surface area contributed by atoms with Crippen LogP contribution < -0.4 is 5.32 Å². The number of amides is 1. The van der Waals surface area contributed by atoms with E-state index in [1.54, 1.807) is 0 Å². The molecule has 1 atom stereocenters. The molecule has 0 bridgehead atoms. The summed E-state index contributed by atoms with van der Waals surface area (Å²) >= 11 is 1.17.